The Balaban J connectivity index is 2.11. The fourth-order valence-corrected chi connectivity index (χ4v) is 2.26. The quantitative estimate of drug-likeness (QED) is 0.894. The number of benzene rings is 2. The second-order valence-corrected chi connectivity index (χ2v) is 5.35. The molecule has 1 atom stereocenters. The molecular formula is C15H13BrF2O2. The number of halogens is 3. The van der Waals surface area contributed by atoms with E-state index in [9.17, 15) is 13.9 Å². The van der Waals surface area contributed by atoms with Crippen molar-refractivity contribution in [2.75, 3.05) is 0 Å². The van der Waals surface area contributed by atoms with Gasteiger partial charge in [0.2, 0.25) is 0 Å². The van der Waals surface area contributed by atoms with Crippen molar-refractivity contribution in [3.63, 3.8) is 0 Å². The molecule has 0 aromatic heterocycles. The molecule has 0 amide bonds. The highest BCUT2D eigenvalue weighted by Crippen LogP contribution is 2.23. The van der Waals surface area contributed by atoms with E-state index in [1.54, 1.807) is 19.1 Å². The Hall–Kier alpha value is -1.46. The molecule has 0 radical (unpaired) electrons. The number of rotatable bonds is 4. The maximum absolute atomic E-state index is 13.8. The number of hydrogen-bond acceptors (Lipinski definition) is 2. The van der Waals surface area contributed by atoms with Gasteiger partial charge in [-0.15, -0.1) is 0 Å². The van der Waals surface area contributed by atoms with Gasteiger partial charge in [-0.1, -0.05) is 22.0 Å². The Morgan fingerprint density at radius 3 is 2.55 bits per heavy atom. The van der Waals surface area contributed by atoms with E-state index in [0.717, 1.165) is 0 Å². The number of aliphatic hydroxyl groups is 1. The lowest BCUT2D eigenvalue weighted by atomic mass is 10.1. The van der Waals surface area contributed by atoms with E-state index < -0.39 is 11.9 Å². The summed E-state index contributed by atoms with van der Waals surface area (Å²) in [5.74, 6) is -0.878. The molecule has 0 bridgehead atoms. The molecule has 0 saturated heterocycles. The van der Waals surface area contributed by atoms with E-state index in [0.29, 0.717) is 15.6 Å². The minimum absolute atomic E-state index is 0.0569. The highest BCUT2D eigenvalue weighted by molar-refractivity contribution is 9.10. The summed E-state index contributed by atoms with van der Waals surface area (Å²) in [5, 5.41) is 9.35. The number of ether oxygens (including phenoxy) is 1. The zero-order valence-corrected chi connectivity index (χ0v) is 12.3. The van der Waals surface area contributed by atoms with E-state index in [-0.39, 0.29) is 18.2 Å². The second kappa shape index (κ2) is 6.33. The third-order valence-electron chi connectivity index (χ3n) is 2.76. The smallest absolute Gasteiger partial charge is 0.165 e. The molecule has 2 aromatic rings. The molecule has 20 heavy (non-hydrogen) atoms. The summed E-state index contributed by atoms with van der Waals surface area (Å²) in [6, 6.07) is 8.62. The third kappa shape index (κ3) is 3.77. The van der Waals surface area contributed by atoms with E-state index >= 15 is 0 Å². The topological polar surface area (TPSA) is 29.5 Å². The SMILES string of the molecule is C[C@@H](O)c1ccc(OCc2cc(F)cc(Br)c2)c(F)c1. The van der Waals surface area contributed by atoms with Gasteiger partial charge >= 0.3 is 0 Å². The first-order chi connectivity index (χ1) is 9.45. The van der Waals surface area contributed by atoms with Crippen LogP contribution in [0.1, 0.15) is 24.2 Å². The summed E-state index contributed by atoms with van der Waals surface area (Å²) in [4.78, 5) is 0. The van der Waals surface area contributed by atoms with E-state index in [1.165, 1.54) is 24.3 Å². The van der Waals surface area contributed by atoms with Crippen molar-refractivity contribution in [3.05, 3.63) is 63.6 Å². The van der Waals surface area contributed by atoms with Crippen molar-refractivity contribution in [2.45, 2.75) is 19.6 Å². The lowest BCUT2D eigenvalue weighted by Crippen LogP contribution is -2.00. The van der Waals surface area contributed by atoms with Gasteiger partial charge in [0.25, 0.3) is 0 Å². The molecule has 2 aromatic carbocycles. The molecule has 0 aliphatic heterocycles. The minimum Gasteiger partial charge on any atom is -0.486 e. The van der Waals surface area contributed by atoms with E-state index in [1.807, 2.05) is 0 Å². The second-order valence-electron chi connectivity index (χ2n) is 4.43. The van der Waals surface area contributed by atoms with Crippen LogP contribution >= 0.6 is 15.9 Å². The fraction of sp³-hybridized carbons (Fsp3) is 0.200. The Morgan fingerprint density at radius 1 is 1.20 bits per heavy atom. The third-order valence-corrected chi connectivity index (χ3v) is 3.21. The van der Waals surface area contributed by atoms with Gasteiger partial charge in [0.05, 0.1) is 6.10 Å². The van der Waals surface area contributed by atoms with Gasteiger partial charge in [0.1, 0.15) is 12.4 Å². The van der Waals surface area contributed by atoms with Crippen molar-refractivity contribution in [1.82, 2.24) is 0 Å². The van der Waals surface area contributed by atoms with Crippen molar-refractivity contribution < 1.29 is 18.6 Å². The highest BCUT2D eigenvalue weighted by Gasteiger charge is 2.08. The van der Waals surface area contributed by atoms with Crippen LogP contribution in [0.3, 0.4) is 0 Å². The first-order valence-corrected chi connectivity index (χ1v) is 6.80. The summed E-state index contributed by atoms with van der Waals surface area (Å²) in [6.45, 7) is 1.61. The monoisotopic (exact) mass is 342 g/mol. The molecule has 0 spiro atoms. The molecule has 1 N–H and O–H groups in total. The van der Waals surface area contributed by atoms with Gasteiger partial charge in [0, 0.05) is 4.47 Å². The number of hydrogen-bond donors (Lipinski definition) is 1. The normalized spacial score (nSPS) is 12.2. The van der Waals surface area contributed by atoms with Crippen molar-refractivity contribution in [1.29, 1.82) is 0 Å². The molecule has 0 saturated carbocycles. The summed E-state index contributed by atoms with van der Waals surface area (Å²) in [5.41, 5.74) is 1.07. The van der Waals surface area contributed by atoms with Crippen LogP contribution in [0.5, 0.6) is 5.75 Å². The van der Waals surface area contributed by atoms with Gasteiger partial charge in [0.15, 0.2) is 11.6 Å². The number of aliphatic hydroxyl groups excluding tert-OH is 1. The lowest BCUT2D eigenvalue weighted by Gasteiger charge is -2.10. The van der Waals surface area contributed by atoms with Crippen molar-refractivity contribution in [2.24, 2.45) is 0 Å². The van der Waals surface area contributed by atoms with Crippen LogP contribution in [0, 0.1) is 11.6 Å². The van der Waals surface area contributed by atoms with Gasteiger partial charge in [-0.2, -0.15) is 0 Å². The Kier molecular flexibility index (Phi) is 4.73. The van der Waals surface area contributed by atoms with Crippen LogP contribution in [-0.2, 0) is 6.61 Å². The van der Waals surface area contributed by atoms with Crippen LogP contribution in [-0.4, -0.2) is 5.11 Å². The van der Waals surface area contributed by atoms with Gasteiger partial charge in [-0.3, -0.25) is 0 Å². The van der Waals surface area contributed by atoms with Crippen molar-refractivity contribution in [3.8, 4) is 5.75 Å². The molecule has 0 unspecified atom stereocenters. The average Bonchev–Trinajstić information content (AvgIpc) is 2.36. The summed E-state index contributed by atoms with van der Waals surface area (Å²) < 4.78 is 32.9. The Labute approximate surface area is 124 Å². The predicted octanol–water partition coefficient (Wildman–Crippen LogP) is 4.36. The van der Waals surface area contributed by atoms with E-state index in [4.69, 9.17) is 4.74 Å². The summed E-state index contributed by atoms with van der Waals surface area (Å²) >= 11 is 3.18. The van der Waals surface area contributed by atoms with Gasteiger partial charge in [-0.25, -0.2) is 8.78 Å². The molecule has 2 nitrogen and oxygen atoms in total. The molecule has 0 aliphatic rings. The Bertz CT molecular complexity index is 595. The predicted molar refractivity (Wildman–Crippen MR) is 75.5 cm³/mol. The zero-order chi connectivity index (χ0) is 14.7. The molecular weight excluding hydrogens is 330 g/mol. The highest BCUT2D eigenvalue weighted by atomic mass is 79.9. The molecule has 0 heterocycles. The van der Waals surface area contributed by atoms with Crippen molar-refractivity contribution >= 4 is 15.9 Å². The first kappa shape index (κ1) is 14.9. The summed E-state index contributed by atoms with van der Waals surface area (Å²) in [7, 11) is 0. The Morgan fingerprint density at radius 2 is 1.95 bits per heavy atom. The molecule has 2 rings (SSSR count). The van der Waals surface area contributed by atoms with Crippen LogP contribution in [0.25, 0.3) is 0 Å². The largest absolute Gasteiger partial charge is 0.486 e. The van der Waals surface area contributed by atoms with Crippen LogP contribution in [0.4, 0.5) is 8.78 Å². The lowest BCUT2D eigenvalue weighted by molar-refractivity contribution is 0.198. The van der Waals surface area contributed by atoms with Crippen LogP contribution < -0.4 is 4.74 Å². The molecule has 0 aliphatic carbocycles. The van der Waals surface area contributed by atoms with E-state index in [2.05, 4.69) is 15.9 Å². The summed E-state index contributed by atoms with van der Waals surface area (Å²) in [6.07, 6.45) is -0.738. The average molecular weight is 343 g/mol. The fourth-order valence-electron chi connectivity index (χ4n) is 1.75. The minimum atomic E-state index is -0.738. The molecule has 106 valence electrons. The maximum Gasteiger partial charge on any atom is 0.165 e. The van der Waals surface area contributed by atoms with Gasteiger partial charge < -0.3 is 9.84 Å². The maximum atomic E-state index is 13.8. The zero-order valence-electron chi connectivity index (χ0n) is 10.7. The van der Waals surface area contributed by atoms with Gasteiger partial charge in [-0.05, 0) is 48.4 Å². The van der Waals surface area contributed by atoms with Crippen LogP contribution in [0.15, 0.2) is 40.9 Å². The molecule has 0 fully saturated rings. The molecule has 5 heteroatoms. The van der Waals surface area contributed by atoms with Crippen LogP contribution in [0.2, 0.25) is 0 Å². The standard InChI is InChI=1S/C15H13BrF2O2/c1-9(19)11-2-3-15(14(18)6-11)20-8-10-4-12(16)7-13(17)5-10/h2-7,9,19H,8H2,1H3/t9-/m1/s1. The first-order valence-electron chi connectivity index (χ1n) is 6.01.